The molecule has 1 atom stereocenters. The number of hydrogen-bond acceptors (Lipinski definition) is 5. The van der Waals surface area contributed by atoms with Crippen molar-refractivity contribution in [1.29, 1.82) is 0 Å². The summed E-state index contributed by atoms with van der Waals surface area (Å²) in [5.74, 6) is 0.965. The maximum absolute atomic E-state index is 4.88. The number of nitrogens with zero attached hydrogens (tertiary/aromatic N) is 5. The van der Waals surface area contributed by atoms with Gasteiger partial charge in [-0.3, -0.25) is 9.89 Å². The molecule has 7 heteroatoms. The molecule has 1 N–H and O–H groups in total. The summed E-state index contributed by atoms with van der Waals surface area (Å²) in [6, 6.07) is 0.475. The van der Waals surface area contributed by atoms with Crippen LogP contribution in [-0.4, -0.2) is 84.5 Å². The van der Waals surface area contributed by atoms with E-state index < -0.39 is 0 Å². The van der Waals surface area contributed by atoms with Gasteiger partial charge >= 0.3 is 0 Å². The van der Waals surface area contributed by atoms with E-state index in [-0.39, 0.29) is 0 Å². The van der Waals surface area contributed by atoms with Crippen molar-refractivity contribution in [2.45, 2.75) is 40.3 Å². The first kappa shape index (κ1) is 20.1. The maximum Gasteiger partial charge on any atom is 0.194 e. The van der Waals surface area contributed by atoms with Gasteiger partial charge in [0.2, 0.25) is 0 Å². The van der Waals surface area contributed by atoms with Gasteiger partial charge < -0.3 is 15.1 Å². The summed E-state index contributed by atoms with van der Waals surface area (Å²) in [5, 5.41) is 6.65. The predicted molar refractivity (Wildman–Crippen MR) is 107 cm³/mol. The lowest BCUT2D eigenvalue weighted by Gasteiger charge is -2.37. The lowest BCUT2D eigenvalue weighted by molar-refractivity contribution is 0.109. The molecule has 0 saturated carbocycles. The van der Waals surface area contributed by atoms with Crippen molar-refractivity contribution in [3.63, 3.8) is 0 Å². The fourth-order valence-corrected chi connectivity index (χ4v) is 3.73. The Hall–Kier alpha value is -1.18. The topological polar surface area (TPSA) is 47.0 Å². The van der Waals surface area contributed by atoms with Gasteiger partial charge in [-0.2, -0.15) is 0 Å². The molecular formula is C18H34N6S. The third-order valence-electron chi connectivity index (χ3n) is 4.74. The number of guanidine groups is 1. The molecule has 1 aromatic rings. The minimum Gasteiger partial charge on any atom is -0.357 e. The van der Waals surface area contributed by atoms with E-state index in [1.807, 2.05) is 6.92 Å². The Kier molecular flexibility index (Phi) is 8.12. The molecule has 0 aromatic carbocycles. The summed E-state index contributed by atoms with van der Waals surface area (Å²) in [6.45, 7) is 17.0. The standard InChI is InChI=1S/C18H34N6S/c1-6-19-18(22(5)13-17-14-25-16(4)21-17)20-12-15(3)24-10-8-23(7-2)9-11-24/h14-15H,6-13H2,1-5H3,(H,19,20). The summed E-state index contributed by atoms with van der Waals surface area (Å²) in [5.41, 5.74) is 1.11. The van der Waals surface area contributed by atoms with Crippen molar-refractivity contribution in [2.75, 3.05) is 52.9 Å². The van der Waals surface area contributed by atoms with Crippen molar-refractivity contribution in [1.82, 2.24) is 25.0 Å². The predicted octanol–water partition coefficient (Wildman–Crippen LogP) is 1.87. The Balaban J connectivity index is 1.89. The zero-order valence-corrected chi connectivity index (χ0v) is 17.3. The van der Waals surface area contributed by atoms with Crippen LogP contribution in [-0.2, 0) is 6.54 Å². The summed E-state index contributed by atoms with van der Waals surface area (Å²) in [6.07, 6.45) is 0. The summed E-state index contributed by atoms with van der Waals surface area (Å²) in [7, 11) is 2.08. The van der Waals surface area contributed by atoms with Crippen LogP contribution in [0.25, 0.3) is 0 Å². The van der Waals surface area contributed by atoms with Crippen LogP contribution in [0.3, 0.4) is 0 Å². The van der Waals surface area contributed by atoms with E-state index in [4.69, 9.17) is 4.99 Å². The molecule has 1 saturated heterocycles. The number of hydrogen-bond donors (Lipinski definition) is 1. The number of likely N-dealkylation sites (N-methyl/N-ethyl adjacent to an activating group) is 1. The smallest absolute Gasteiger partial charge is 0.194 e. The van der Waals surface area contributed by atoms with E-state index >= 15 is 0 Å². The highest BCUT2D eigenvalue weighted by atomic mass is 32.1. The van der Waals surface area contributed by atoms with Gasteiger partial charge in [0, 0.05) is 51.2 Å². The molecule has 1 unspecified atom stereocenters. The Morgan fingerprint density at radius 3 is 2.64 bits per heavy atom. The molecule has 0 bridgehead atoms. The maximum atomic E-state index is 4.88. The molecule has 2 rings (SSSR count). The summed E-state index contributed by atoms with van der Waals surface area (Å²) in [4.78, 5) is 16.7. The number of nitrogens with one attached hydrogen (secondary N) is 1. The van der Waals surface area contributed by atoms with Crippen LogP contribution in [0, 0.1) is 6.92 Å². The Bertz CT molecular complexity index is 535. The monoisotopic (exact) mass is 366 g/mol. The molecule has 25 heavy (non-hydrogen) atoms. The average Bonchev–Trinajstić information content (AvgIpc) is 3.03. The molecule has 0 aliphatic carbocycles. The average molecular weight is 367 g/mol. The lowest BCUT2D eigenvalue weighted by Crippen LogP contribution is -2.50. The number of rotatable bonds is 7. The van der Waals surface area contributed by atoms with E-state index in [0.717, 1.165) is 55.9 Å². The third-order valence-corrected chi connectivity index (χ3v) is 5.57. The Morgan fingerprint density at radius 1 is 1.36 bits per heavy atom. The first-order valence-electron chi connectivity index (χ1n) is 9.40. The molecule has 1 aliphatic heterocycles. The normalized spacial score (nSPS) is 18.4. The molecule has 1 aromatic heterocycles. The molecule has 0 amide bonds. The molecule has 2 heterocycles. The number of thiazole rings is 1. The number of aryl methyl sites for hydroxylation is 1. The third kappa shape index (κ3) is 6.24. The van der Waals surface area contributed by atoms with Crippen molar-refractivity contribution < 1.29 is 0 Å². The van der Waals surface area contributed by atoms with Crippen LogP contribution in [0.4, 0.5) is 0 Å². The quantitative estimate of drug-likeness (QED) is 0.590. The Labute approximate surface area is 156 Å². The first-order chi connectivity index (χ1) is 12.0. The van der Waals surface area contributed by atoms with Crippen LogP contribution >= 0.6 is 11.3 Å². The second-order valence-corrected chi connectivity index (χ2v) is 7.79. The first-order valence-corrected chi connectivity index (χ1v) is 10.3. The minimum absolute atomic E-state index is 0.475. The van der Waals surface area contributed by atoms with Crippen LogP contribution < -0.4 is 5.32 Å². The number of aliphatic imine (C=N–C) groups is 1. The van der Waals surface area contributed by atoms with Gasteiger partial charge in [0.15, 0.2) is 5.96 Å². The van der Waals surface area contributed by atoms with Gasteiger partial charge in [-0.25, -0.2) is 4.98 Å². The van der Waals surface area contributed by atoms with E-state index in [2.05, 4.69) is 58.2 Å². The van der Waals surface area contributed by atoms with Gasteiger partial charge in [-0.1, -0.05) is 6.92 Å². The van der Waals surface area contributed by atoms with Crippen LogP contribution in [0.1, 0.15) is 31.5 Å². The summed E-state index contributed by atoms with van der Waals surface area (Å²) >= 11 is 1.70. The van der Waals surface area contributed by atoms with Gasteiger partial charge in [-0.05, 0) is 27.3 Å². The highest BCUT2D eigenvalue weighted by Crippen LogP contribution is 2.10. The summed E-state index contributed by atoms with van der Waals surface area (Å²) < 4.78 is 0. The molecule has 1 aliphatic rings. The highest BCUT2D eigenvalue weighted by molar-refractivity contribution is 7.09. The van der Waals surface area contributed by atoms with E-state index in [0.29, 0.717) is 6.04 Å². The molecule has 6 nitrogen and oxygen atoms in total. The second kappa shape index (κ2) is 10.1. The molecule has 0 spiro atoms. The van der Waals surface area contributed by atoms with Gasteiger partial charge in [-0.15, -0.1) is 11.3 Å². The Morgan fingerprint density at radius 2 is 2.08 bits per heavy atom. The van der Waals surface area contributed by atoms with Crippen LogP contribution in [0.2, 0.25) is 0 Å². The largest absolute Gasteiger partial charge is 0.357 e. The fourth-order valence-electron chi connectivity index (χ4n) is 3.12. The van der Waals surface area contributed by atoms with E-state index in [9.17, 15) is 0 Å². The van der Waals surface area contributed by atoms with E-state index in [1.165, 1.54) is 13.1 Å². The molecule has 0 radical (unpaired) electrons. The van der Waals surface area contributed by atoms with Gasteiger partial charge in [0.25, 0.3) is 0 Å². The van der Waals surface area contributed by atoms with Crippen molar-refractivity contribution >= 4 is 17.3 Å². The molecule has 142 valence electrons. The van der Waals surface area contributed by atoms with Crippen LogP contribution in [0.5, 0.6) is 0 Å². The van der Waals surface area contributed by atoms with Gasteiger partial charge in [0.05, 0.1) is 23.8 Å². The van der Waals surface area contributed by atoms with Crippen LogP contribution in [0.15, 0.2) is 10.4 Å². The molecule has 1 fully saturated rings. The number of aromatic nitrogens is 1. The fraction of sp³-hybridized carbons (Fsp3) is 0.778. The van der Waals surface area contributed by atoms with Crippen molar-refractivity contribution in [3.8, 4) is 0 Å². The van der Waals surface area contributed by atoms with Gasteiger partial charge in [0.1, 0.15) is 0 Å². The van der Waals surface area contributed by atoms with Crippen molar-refractivity contribution in [2.24, 2.45) is 4.99 Å². The zero-order valence-electron chi connectivity index (χ0n) is 16.5. The molecular weight excluding hydrogens is 332 g/mol. The lowest BCUT2D eigenvalue weighted by atomic mass is 10.2. The zero-order chi connectivity index (χ0) is 18.2. The van der Waals surface area contributed by atoms with E-state index in [1.54, 1.807) is 11.3 Å². The highest BCUT2D eigenvalue weighted by Gasteiger charge is 2.20. The minimum atomic E-state index is 0.475. The number of piperazine rings is 1. The van der Waals surface area contributed by atoms with Crippen molar-refractivity contribution in [3.05, 3.63) is 16.1 Å². The SMILES string of the molecule is CCNC(=NCC(C)N1CCN(CC)CC1)N(C)Cc1csc(C)n1. The second-order valence-electron chi connectivity index (χ2n) is 6.73.